The van der Waals surface area contributed by atoms with Gasteiger partial charge in [-0.2, -0.15) is 0 Å². The fraction of sp³-hybridized carbons (Fsp3) is 0.357. The van der Waals surface area contributed by atoms with E-state index in [0.29, 0.717) is 12.4 Å². The Morgan fingerprint density at radius 3 is 3.05 bits per heavy atom. The van der Waals surface area contributed by atoms with Crippen LogP contribution in [0.1, 0.15) is 17.5 Å². The Labute approximate surface area is 117 Å². The summed E-state index contributed by atoms with van der Waals surface area (Å²) in [4.78, 5) is 4.24. The molecule has 0 atom stereocenters. The molecular weight excluding hydrogens is 260 g/mol. The lowest BCUT2D eigenvalue weighted by Gasteiger charge is -2.09. The molecule has 0 saturated carbocycles. The molecule has 0 aliphatic carbocycles. The van der Waals surface area contributed by atoms with E-state index in [2.05, 4.69) is 10.3 Å². The Bertz CT molecular complexity index is 500. The minimum Gasteiger partial charge on any atom is -0.504 e. The third kappa shape index (κ3) is 4.22. The van der Waals surface area contributed by atoms with Gasteiger partial charge in [0.2, 0.25) is 0 Å². The average Bonchev–Trinajstić information content (AvgIpc) is 2.92. The van der Waals surface area contributed by atoms with Gasteiger partial charge in [-0.05, 0) is 24.6 Å². The molecule has 1 aromatic carbocycles. The summed E-state index contributed by atoms with van der Waals surface area (Å²) in [5.41, 5.74) is 1.10. The van der Waals surface area contributed by atoms with Crippen molar-refractivity contribution in [3.8, 4) is 11.5 Å². The Hall–Kier alpha value is -1.59. The maximum Gasteiger partial charge on any atom is 0.161 e. The van der Waals surface area contributed by atoms with Crippen LogP contribution in [0, 0.1) is 0 Å². The van der Waals surface area contributed by atoms with Crippen molar-refractivity contribution in [2.24, 2.45) is 0 Å². The van der Waals surface area contributed by atoms with Crippen LogP contribution >= 0.6 is 11.3 Å². The zero-order chi connectivity index (χ0) is 13.5. The fourth-order valence-corrected chi connectivity index (χ4v) is 2.36. The van der Waals surface area contributed by atoms with Gasteiger partial charge in [0.1, 0.15) is 0 Å². The quantitative estimate of drug-likeness (QED) is 0.764. The lowest BCUT2D eigenvalue weighted by Crippen LogP contribution is -2.16. The molecule has 4 nitrogen and oxygen atoms in total. The van der Waals surface area contributed by atoms with E-state index >= 15 is 0 Å². The molecule has 0 saturated heterocycles. The van der Waals surface area contributed by atoms with Crippen molar-refractivity contribution < 1.29 is 9.84 Å². The highest BCUT2D eigenvalue weighted by Crippen LogP contribution is 2.26. The molecule has 5 heteroatoms. The average molecular weight is 278 g/mol. The van der Waals surface area contributed by atoms with E-state index in [0.717, 1.165) is 30.1 Å². The van der Waals surface area contributed by atoms with E-state index in [4.69, 9.17) is 4.74 Å². The molecule has 0 unspecified atom stereocenters. The highest BCUT2D eigenvalue weighted by Gasteiger charge is 2.03. The predicted octanol–water partition coefficient (Wildman–Crippen LogP) is 2.58. The minimum atomic E-state index is 0.188. The molecule has 1 aromatic heterocycles. The van der Waals surface area contributed by atoms with Crippen LogP contribution in [-0.2, 0) is 13.0 Å². The molecule has 2 N–H and O–H groups in total. The molecule has 0 bridgehead atoms. The highest BCUT2D eigenvalue weighted by atomic mass is 32.1. The third-order valence-electron chi connectivity index (χ3n) is 2.65. The van der Waals surface area contributed by atoms with Crippen LogP contribution in [0.25, 0.3) is 0 Å². The zero-order valence-electron chi connectivity index (χ0n) is 10.9. The Kier molecular flexibility index (Phi) is 5.18. The van der Waals surface area contributed by atoms with Gasteiger partial charge >= 0.3 is 0 Å². The normalized spacial score (nSPS) is 10.6. The van der Waals surface area contributed by atoms with Crippen LogP contribution in [0.4, 0.5) is 0 Å². The number of ether oxygens (including phenoxy) is 1. The number of hydrogen-bond acceptors (Lipinski definition) is 5. The number of aromatic hydroxyl groups is 1. The van der Waals surface area contributed by atoms with E-state index in [1.165, 1.54) is 0 Å². The second-order valence-corrected chi connectivity index (χ2v) is 5.07. The molecule has 0 amide bonds. The van der Waals surface area contributed by atoms with Crippen molar-refractivity contribution in [1.82, 2.24) is 10.3 Å². The van der Waals surface area contributed by atoms with Gasteiger partial charge in [-0.25, -0.2) is 4.98 Å². The highest BCUT2D eigenvalue weighted by molar-refractivity contribution is 7.09. The van der Waals surface area contributed by atoms with Crippen LogP contribution in [0.2, 0.25) is 0 Å². The van der Waals surface area contributed by atoms with E-state index < -0.39 is 0 Å². The number of phenols is 1. The molecule has 0 spiro atoms. The van der Waals surface area contributed by atoms with Crippen molar-refractivity contribution in [2.75, 3.05) is 13.2 Å². The molecule has 2 rings (SSSR count). The molecule has 2 aromatic rings. The maximum absolute atomic E-state index is 9.61. The molecule has 0 fully saturated rings. The largest absolute Gasteiger partial charge is 0.504 e. The van der Waals surface area contributed by atoms with E-state index in [1.807, 2.05) is 30.6 Å². The van der Waals surface area contributed by atoms with Gasteiger partial charge in [-0.3, -0.25) is 0 Å². The van der Waals surface area contributed by atoms with Gasteiger partial charge in [0, 0.05) is 31.1 Å². The molecular formula is C14H18N2O2S. The van der Waals surface area contributed by atoms with Crippen molar-refractivity contribution in [3.05, 3.63) is 40.3 Å². The second-order valence-electron chi connectivity index (χ2n) is 4.09. The number of hydrogen-bond donors (Lipinski definition) is 2. The van der Waals surface area contributed by atoms with E-state index in [-0.39, 0.29) is 5.75 Å². The van der Waals surface area contributed by atoms with E-state index in [1.54, 1.807) is 17.4 Å². The number of nitrogens with zero attached hydrogens (tertiary/aromatic N) is 1. The Morgan fingerprint density at radius 2 is 2.32 bits per heavy atom. The zero-order valence-corrected chi connectivity index (χ0v) is 11.7. The van der Waals surface area contributed by atoms with Gasteiger partial charge in [0.05, 0.1) is 11.6 Å². The number of aromatic nitrogens is 1. The summed E-state index contributed by atoms with van der Waals surface area (Å²) in [5.74, 6) is 0.732. The second kappa shape index (κ2) is 7.11. The molecule has 102 valence electrons. The van der Waals surface area contributed by atoms with Crippen LogP contribution in [0.3, 0.4) is 0 Å². The van der Waals surface area contributed by atoms with Crippen LogP contribution < -0.4 is 10.1 Å². The summed E-state index contributed by atoms with van der Waals surface area (Å²) in [5, 5.41) is 16.1. The van der Waals surface area contributed by atoms with Gasteiger partial charge in [0.25, 0.3) is 0 Å². The number of thiazole rings is 1. The van der Waals surface area contributed by atoms with Crippen LogP contribution in [0.5, 0.6) is 11.5 Å². The van der Waals surface area contributed by atoms with Crippen molar-refractivity contribution in [2.45, 2.75) is 19.9 Å². The number of phenolic OH excluding ortho intramolecular Hbond substituents is 1. The van der Waals surface area contributed by atoms with Crippen LogP contribution in [-0.4, -0.2) is 23.2 Å². The minimum absolute atomic E-state index is 0.188. The fourth-order valence-electron chi connectivity index (χ4n) is 1.74. The Morgan fingerprint density at radius 1 is 1.42 bits per heavy atom. The van der Waals surface area contributed by atoms with Gasteiger partial charge in [-0.1, -0.05) is 6.07 Å². The van der Waals surface area contributed by atoms with Crippen molar-refractivity contribution in [1.29, 1.82) is 0 Å². The van der Waals surface area contributed by atoms with E-state index in [9.17, 15) is 5.11 Å². The summed E-state index contributed by atoms with van der Waals surface area (Å²) >= 11 is 1.68. The first kappa shape index (κ1) is 13.8. The van der Waals surface area contributed by atoms with Crippen LogP contribution in [0.15, 0.2) is 29.8 Å². The SMILES string of the molecule is CCOc1cc(CNCCc2nccs2)ccc1O. The molecule has 0 radical (unpaired) electrons. The monoisotopic (exact) mass is 278 g/mol. The lowest BCUT2D eigenvalue weighted by molar-refractivity contribution is 0.317. The standard InChI is InChI=1S/C14H18N2O2S/c1-2-18-13-9-11(3-4-12(13)17)10-15-6-5-14-16-7-8-19-14/h3-4,7-9,15,17H,2,5-6,10H2,1H3. The van der Waals surface area contributed by atoms with Crippen molar-refractivity contribution in [3.63, 3.8) is 0 Å². The number of benzene rings is 1. The van der Waals surface area contributed by atoms with Gasteiger partial charge in [-0.15, -0.1) is 11.3 Å². The number of rotatable bonds is 7. The molecule has 0 aliphatic heterocycles. The first-order chi connectivity index (χ1) is 9.29. The van der Waals surface area contributed by atoms with Crippen molar-refractivity contribution >= 4 is 11.3 Å². The Balaban J connectivity index is 1.80. The molecule has 19 heavy (non-hydrogen) atoms. The summed E-state index contributed by atoms with van der Waals surface area (Å²) in [6.45, 7) is 4.09. The summed E-state index contributed by atoms with van der Waals surface area (Å²) in [6.07, 6.45) is 2.77. The smallest absolute Gasteiger partial charge is 0.161 e. The van der Waals surface area contributed by atoms with Gasteiger partial charge < -0.3 is 15.2 Å². The topological polar surface area (TPSA) is 54.4 Å². The summed E-state index contributed by atoms with van der Waals surface area (Å²) in [7, 11) is 0. The van der Waals surface area contributed by atoms with Gasteiger partial charge in [0.15, 0.2) is 11.5 Å². The lowest BCUT2D eigenvalue weighted by atomic mass is 10.2. The first-order valence-electron chi connectivity index (χ1n) is 6.33. The third-order valence-corrected chi connectivity index (χ3v) is 3.49. The summed E-state index contributed by atoms with van der Waals surface area (Å²) in [6, 6.07) is 5.44. The summed E-state index contributed by atoms with van der Waals surface area (Å²) < 4.78 is 5.36. The first-order valence-corrected chi connectivity index (χ1v) is 7.21. The maximum atomic E-state index is 9.61. The number of nitrogens with one attached hydrogen (secondary N) is 1. The predicted molar refractivity (Wildman–Crippen MR) is 76.8 cm³/mol. The molecule has 1 heterocycles. The molecule has 0 aliphatic rings.